The van der Waals surface area contributed by atoms with Crippen molar-refractivity contribution in [2.45, 2.75) is 43.7 Å². The lowest BCUT2D eigenvalue weighted by Gasteiger charge is -2.52. The van der Waals surface area contributed by atoms with Crippen LogP contribution < -0.4 is 18.9 Å². The van der Waals surface area contributed by atoms with Gasteiger partial charge in [-0.3, -0.25) is 4.79 Å². The summed E-state index contributed by atoms with van der Waals surface area (Å²) in [7, 11) is 6.36. The van der Waals surface area contributed by atoms with Crippen LogP contribution in [0.15, 0.2) is 36.4 Å². The molecule has 2 aromatic carbocycles. The highest BCUT2D eigenvalue weighted by atomic mass is 16.5. The normalized spacial score (nSPS) is 24.6. The molecule has 4 rings (SSSR count). The van der Waals surface area contributed by atoms with E-state index in [9.17, 15) is 9.90 Å². The second-order valence-electron chi connectivity index (χ2n) is 8.82. The lowest BCUT2D eigenvalue weighted by Crippen LogP contribution is -2.56. The molecule has 1 N–H and O–H groups in total. The van der Waals surface area contributed by atoms with Gasteiger partial charge in [-0.2, -0.15) is 0 Å². The van der Waals surface area contributed by atoms with Crippen LogP contribution in [0.5, 0.6) is 23.0 Å². The molecule has 3 atom stereocenters. The maximum absolute atomic E-state index is 13.9. The summed E-state index contributed by atoms with van der Waals surface area (Å²) in [6, 6.07) is 10.6. The van der Waals surface area contributed by atoms with Crippen LogP contribution >= 0.6 is 0 Å². The molecule has 1 amide bonds. The average molecular weight is 456 g/mol. The highest BCUT2D eigenvalue weighted by Gasteiger charge is 2.51. The number of hydrogen-bond donors (Lipinski definition) is 1. The Bertz CT molecular complexity index is 1010. The van der Waals surface area contributed by atoms with Crippen LogP contribution in [0.2, 0.25) is 0 Å². The Kier molecular flexibility index (Phi) is 6.70. The first-order valence-corrected chi connectivity index (χ1v) is 11.4. The number of aliphatic hydroxyl groups is 1. The summed E-state index contributed by atoms with van der Waals surface area (Å²) < 4.78 is 21.9. The van der Waals surface area contributed by atoms with Gasteiger partial charge >= 0.3 is 0 Å². The van der Waals surface area contributed by atoms with Crippen molar-refractivity contribution in [2.75, 3.05) is 35.0 Å². The van der Waals surface area contributed by atoms with Gasteiger partial charge < -0.3 is 29.0 Å². The first-order chi connectivity index (χ1) is 16.0. The topological polar surface area (TPSA) is 77.5 Å². The molecule has 178 valence electrons. The van der Waals surface area contributed by atoms with E-state index in [1.54, 1.807) is 46.6 Å². The zero-order valence-electron chi connectivity index (χ0n) is 19.8. The Labute approximate surface area is 195 Å². The van der Waals surface area contributed by atoms with E-state index in [1.165, 1.54) is 0 Å². The zero-order chi connectivity index (χ0) is 23.6. The minimum atomic E-state index is -0.797. The van der Waals surface area contributed by atoms with Crippen LogP contribution in [-0.4, -0.2) is 56.5 Å². The number of benzene rings is 2. The molecule has 1 saturated carbocycles. The van der Waals surface area contributed by atoms with Crippen molar-refractivity contribution in [1.29, 1.82) is 0 Å². The summed E-state index contributed by atoms with van der Waals surface area (Å²) in [5.74, 6) is 2.19. The molecule has 1 aliphatic heterocycles. The van der Waals surface area contributed by atoms with Crippen LogP contribution in [0.4, 0.5) is 0 Å². The first kappa shape index (κ1) is 23.2. The molecule has 2 aliphatic rings. The van der Waals surface area contributed by atoms with E-state index in [1.807, 2.05) is 23.1 Å². The monoisotopic (exact) mass is 455 g/mol. The van der Waals surface area contributed by atoms with E-state index in [2.05, 4.69) is 0 Å². The maximum Gasteiger partial charge on any atom is 0.258 e. The number of likely N-dealkylation sites (tertiary alicyclic amines) is 1. The van der Waals surface area contributed by atoms with Gasteiger partial charge in [0.15, 0.2) is 0 Å². The molecule has 2 aromatic rings. The second-order valence-corrected chi connectivity index (χ2v) is 8.82. The fourth-order valence-corrected chi connectivity index (χ4v) is 5.49. The third kappa shape index (κ3) is 4.22. The maximum atomic E-state index is 13.9. The molecule has 0 bridgehead atoms. The van der Waals surface area contributed by atoms with Crippen molar-refractivity contribution in [3.63, 3.8) is 0 Å². The van der Waals surface area contributed by atoms with E-state index in [4.69, 9.17) is 18.9 Å². The Morgan fingerprint density at radius 1 is 0.909 bits per heavy atom. The van der Waals surface area contributed by atoms with Crippen LogP contribution in [0.1, 0.15) is 54.1 Å². The molecule has 2 fully saturated rings. The number of amides is 1. The van der Waals surface area contributed by atoms with E-state index in [0.717, 1.165) is 31.2 Å². The number of carbonyl (C=O) groups is 1. The molecular weight excluding hydrogens is 422 g/mol. The van der Waals surface area contributed by atoms with Gasteiger partial charge in [0.1, 0.15) is 23.0 Å². The van der Waals surface area contributed by atoms with E-state index < -0.39 is 5.60 Å². The first-order valence-electron chi connectivity index (χ1n) is 11.4. The SMILES string of the molecule is COc1ccc(C(=O)N2CC[C@]3(O)CCCC[C@H]3[C@@H]2c2ccc(OC)cc2OC)c(OC)c1. The van der Waals surface area contributed by atoms with Crippen LogP contribution in [0.3, 0.4) is 0 Å². The third-order valence-electron chi connectivity index (χ3n) is 7.23. The third-order valence-corrected chi connectivity index (χ3v) is 7.23. The van der Waals surface area contributed by atoms with Crippen molar-refractivity contribution in [3.05, 3.63) is 47.5 Å². The Morgan fingerprint density at radius 3 is 2.24 bits per heavy atom. The Hall–Kier alpha value is -2.93. The van der Waals surface area contributed by atoms with Gasteiger partial charge in [-0.05, 0) is 43.5 Å². The number of nitrogens with zero attached hydrogens (tertiary/aromatic N) is 1. The summed E-state index contributed by atoms with van der Waals surface area (Å²) in [6.45, 7) is 0.445. The highest BCUT2D eigenvalue weighted by Crippen LogP contribution is 2.51. The van der Waals surface area contributed by atoms with Gasteiger partial charge in [0, 0.05) is 30.2 Å². The molecule has 1 saturated heterocycles. The van der Waals surface area contributed by atoms with Gasteiger partial charge in [-0.15, -0.1) is 0 Å². The van der Waals surface area contributed by atoms with Crippen LogP contribution in [0.25, 0.3) is 0 Å². The van der Waals surface area contributed by atoms with Crippen molar-refractivity contribution in [3.8, 4) is 23.0 Å². The van der Waals surface area contributed by atoms with Crippen molar-refractivity contribution in [1.82, 2.24) is 4.90 Å². The molecular formula is C26H33NO6. The average Bonchev–Trinajstić information content (AvgIpc) is 2.86. The summed E-state index contributed by atoms with van der Waals surface area (Å²) in [6.07, 6.45) is 4.17. The summed E-state index contributed by atoms with van der Waals surface area (Å²) in [5, 5.41) is 11.6. The minimum absolute atomic E-state index is 0.0875. The smallest absolute Gasteiger partial charge is 0.258 e. The van der Waals surface area contributed by atoms with E-state index >= 15 is 0 Å². The molecule has 0 spiro atoms. The van der Waals surface area contributed by atoms with Gasteiger partial charge in [-0.25, -0.2) is 0 Å². The Balaban J connectivity index is 1.81. The van der Waals surface area contributed by atoms with Gasteiger partial charge in [-0.1, -0.05) is 12.8 Å². The lowest BCUT2D eigenvalue weighted by molar-refractivity contribution is -0.115. The van der Waals surface area contributed by atoms with Crippen LogP contribution in [0, 0.1) is 5.92 Å². The molecule has 0 radical (unpaired) electrons. The number of hydrogen-bond acceptors (Lipinski definition) is 6. The van der Waals surface area contributed by atoms with Crippen molar-refractivity contribution < 1.29 is 28.8 Å². The Morgan fingerprint density at radius 2 is 1.58 bits per heavy atom. The lowest BCUT2D eigenvalue weighted by atomic mass is 9.66. The fraction of sp³-hybridized carbons (Fsp3) is 0.500. The number of fused-ring (bicyclic) bond motifs is 1. The summed E-state index contributed by atoms with van der Waals surface area (Å²) in [4.78, 5) is 15.8. The standard InChI is InChI=1S/C26H33NO6/c1-30-17-8-10-19(22(15-17)32-3)24-21-7-5-6-12-26(21,29)13-14-27(24)25(28)20-11-9-18(31-2)16-23(20)33-4/h8-11,15-16,21,24,29H,5-7,12-14H2,1-4H3/t21-,24-,26+/m0/s1. The van der Waals surface area contributed by atoms with E-state index in [-0.39, 0.29) is 17.9 Å². The number of carbonyl (C=O) groups excluding carboxylic acids is 1. The van der Waals surface area contributed by atoms with Crippen molar-refractivity contribution in [2.24, 2.45) is 5.92 Å². The number of methoxy groups -OCH3 is 4. The summed E-state index contributed by atoms with van der Waals surface area (Å²) >= 11 is 0. The molecule has 7 nitrogen and oxygen atoms in total. The number of rotatable bonds is 6. The van der Waals surface area contributed by atoms with Gasteiger partial charge in [0.25, 0.3) is 5.91 Å². The number of piperidine rings is 1. The van der Waals surface area contributed by atoms with Crippen molar-refractivity contribution >= 4 is 5.91 Å². The minimum Gasteiger partial charge on any atom is -0.497 e. The molecule has 1 aliphatic carbocycles. The van der Waals surface area contributed by atoms with Gasteiger partial charge in [0.05, 0.1) is 45.6 Å². The molecule has 0 aromatic heterocycles. The second kappa shape index (κ2) is 9.51. The van der Waals surface area contributed by atoms with Crippen LogP contribution in [-0.2, 0) is 0 Å². The molecule has 0 unspecified atom stereocenters. The molecule has 7 heteroatoms. The largest absolute Gasteiger partial charge is 0.497 e. The van der Waals surface area contributed by atoms with Gasteiger partial charge in [0.2, 0.25) is 0 Å². The predicted octanol–water partition coefficient (Wildman–Crippen LogP) is 4.23. The quantitative estimate of drug-likeness (QED) is 0.703. The molecule has 1 heterocycles. The molecule has 33 heavy (non-hydrogen) atoms. The highest BCUT2D eigenvalue weighted by molar-refractivity contribution is 5.97. The fourth-order valence-electron chi connectivity index (χ4n) is 5.49. The number of ether oxygens (including phenoxy) is 4. The summed E-state index contributed by atoms with van der Waals surface area (Å²) in [5.41, 5.74) is 0.551. The van der Waals surface area contributed by atoms with E-state index in [0.29, 0.717) is 41.5 Å². The predicted molar refractivity (Wildman–Crippen MR) is 124 cm³/mol. The zero-order valence-corrected chi connectivity index (χ0v) is 19.8.